The van der Waals surface area contributed by atoms with E-state index in [1.54, 1.807) is 23.9 Å². The number of allylic oxidation sites excluding steroid dienone is 1. The summed E-state index contributed by atoms with van der Waals surface area (Å²) in [6.45, 7) is 6.03. The average molecular weight is 643 g/mol. The van der Waals surface area contributed by atoms with Crippen molar-refractivity contribution in [1.29, 1.82) is 0 Å². The standard InChI is InChI=1S/C29H26BrCl2N5O3/c1-15-5-8-23(16(2)9-15)36-28(38)25-17(3)35-29-33-14-34-37(29)26(25)19-10-21(30)27(24(11-19)39-4)40-13-18-6-7-20(31)12-22(18)32/h5-12,14,26H,13H2,1-4H3,(H,36,38)(H,33,34,35). The molecular weight excluding hydrogens is 617 g/mol. The predicted octanol–water partition coefficient (Wildman–Crippen LogP) is 7.48. The van der Waals surface area contributed by atoms with E-state index >= 15 is 0 Å². The zero-order valence-corrected chi connectivity index (χ0v) is 25.3. The van der Waals surface area contributed by atoms with Gasteiger partial charge in [-0.1, -0.05) is 47.0 Å². The largest absolute Gasteiger partial charge is 0.493 e. The Bertz CT molecular complexity index is 1650. The molecule has 2 heterocycles. The number of methoxy groups -OCH3 is 1. The number of halogens is 3. The summed E-state index contributed by atoms with van der Waals surface area (Å²) in [4.78, 5) is 18.1. The first kappa shape index (κ1) is 28.0. The SMILES string of the molecule is COc1cc(C2C(C(=O)Nc3ccc(C)cc3C)=C(C)Nc3ncnn32)cc(Br)c1OCc1ccc(Cl)cc1Cl. The van der Waals surface area contributed by atoms with Crippen LogP contribution in [0.1, 0.15) is 35.2 Å². The van der Waals surface area contributed by atoms with Gasteiger partial charge in [0.15, 0.2) is 11.5 Å². The van der Waals surface area contributed by atoms with Gasteiger partial charge in [0.1, 0.15) is 19.0 Å². The van der Waals surface area contributed by atoms with Crippen LogP contribution >= 0.6 is 39.1 Å². The Morgan fingerprint density at radius 3 is 2.65 bits per heavy atom. The fraction of sp³-hybridized carbons (Fsp3) is 0.207. The molecule has 1 aliphatic heterocycles. The first-order valence-corrected chi connectivity index (χ1v) is 13.9. The summed E-state index contributed by atoms with van der Waals surface area (Å²) in [6, 6.07) is 14.3. The van der Waals surface area contributed by atoms with Crippen molar-refractivity contribution in [1.82, 2.24) is 14.8 Å². The van der Waals surface area contributed by atoms with Gasteiger partial charge < -0.3 is 20.1 Å². The van der Waals surface area contributed by atoms with Gasteiger partial charge in [-0.3, -0.25) is 4.79 Å². The average Bonchev–Trinajstić information content (AvgIpc) is 3.37. The molecule has 8 nitrogen and oxygen atoms in total. The molecule has 4 aromatic rings. The molecule has 0 saturated heterocycles. The second kappa shape index (κ2) is 11.5. The van der Waals surface area contributed by atoms with Gasteiger partial charge in [-0.2, -0.15) is 10.1 Å². The van der Waals surface area contributed by atoms with E-state index < -0.39 is 6.04 Å². The highest BCUT2D eigenvalue weighted by atomic mass is 79.9. The number of hydrogen-bond donors (Lipinski definition) is 2. The van der Waals surface area contributed by atoms with Crippen LogP contribution in [-0.4, -0.2) is 27.8 Å². The lowest BCUT2D eigenvalue weighted by Gasteiger charge is -2.29. The second-order valence-corrected chi connectivity index (χ2v) is 11.1. The number of fused-ring (bicyclic) bond motifs is 1. The molecule has 0 fully saturated rings. The van der Waals surface area contributed by atoms with Gasteiger partial charge in [0.2, 0.25) is 5.95 Å². The minimum atomic E-state index is -0.588. The van der Waals surface area contributed by atoms with E-state index in [2.05, 4.69) is 36.6 Å². The number of nitrogens with zero attached hydrogens (tertiary/aromatic N) is 3. The van der Waals surface area contributed by atoms with Crippen molar-refractivity contribution in [2.24, 2.45) is 0 Å². The number of anilines is 2. The monoisotopic (exact) mass is 641 g/mol. The Kier molecular flexibility index (Phi) is 8.07. The molecule has 1 atom stereocenters. The second-order valence-electron chi connectivity index (χ2n) is 9.43. The highest BCUT2D eigenvalue weighted by Crippen LogP contribution is 2.43. The molecule has 5 rings (SSSR count). The molecule has 0 saturated carbocycles. The van der Waals surface area contributed by atoms with Gasteiger partial charge in [-0.25, -0.2) is 4.68 Å². The normalized spacial score (nSPS) is 14.4. The van der Waals surface area contributed by atoms with E-state index in [0.717, 1.165) is 27.9 Å². The third-order valence-corrected chi connectivity index (χ3v) is 7.80. The number of ether oxygens (including phenoxy) is 2. The van der Waals surface area contributed by atoms with Crippen molar-refractivity contribution in [2.45, 2.75) is 33.4 Å². The van der Waals surface area contributed by atoms with Crippen LogP contribution in [0, 0.1) is 13.8 Å². The van der Waals surface area contributed by atoms with Crippen LogP contribution in [0.15, 0.2) is 70.6 Å². The van der Waals surface area contributed by atoms with Crippen LogP contribution in [0.25, 0.3) is 0 Å². The number of amides is 1. The number of rotatable bonds is 7. The first-order chi connectivity index (χ1) is 19.2. The lowest BCUT2D eigenvalue weighted by molar-refractivity contribution is -0.113. The molecule has 206 valence electrons. The van der Waals surface area contributed by atoms with Crippen molar-refractivity contribution in [3.05, 3.63) is 103 Å². The molecule has 1 aliphatic rings. The number of nitrogens with one attached hydrogen (secondary N) is 2. The van der Waals surface area contributed by atoms with E-state index in [4.69, 9.17) is 32.7 Å². The summed E-state index contributed by atoms with van der Waals surface area (Å²) < 4.78 is 14.2. The molecule has 3 aromatic carbocycles. The minimum Gasteiger partial charge on any atom is -0.493 e. The Morgan fingerprint density at radius 2 is 1.93 bits per heavy atom. The summed E-state index contributed by atoms with van der Waals surface area (Å²) >= 11 is 16.0. The highest BCUT2D eigenvalue weighted by molar-refractivity contribution is 9.10. The van der Waals surface area contributed by atoms with Gasteiger partial charge in [-0.15, -0.1) is 0 Å². The predicted molar refractivity (Wildman–Crippen MR) is 161 cm³/mol. The Balaban J connectivity index is 1.51. The quantitative estimate of drug-likeness (QED) is 0.217. The van der Waals surface area contributed by atoms with Crippen LogP contribution in [-0.2, 0) is 11.4 Å². The van der Waals surface area contributed by atoms with Crippen LogP contribution in [0.4, 0.5) is 11.6 Å². The van der Waals surface area contributed by atoms with Crippen LogP contribution in [0.2, 0.25) is 10.0 Å². The Hall–Kier alpha value is -3.53. The van der Waals surface area contributed by atoms with Gasteiger partial charge >= 0.3 is 0 Å². The van der Waals surface area contributed by atoms with Gasteiger partial charge in [0.25, 0.3) is 5.91 Å². The molecule has 2 N–H and O–H groups in total. The van der Waals surface area contributed by atoms with E-state index in [0.29, 0.717) is 43.2 Å². The molecule has 0 bridgehead atoms. The van der Waals surface area contributed by atoms with Crippen molar-refractivity contribution in [2.75, 3.05) is 17.7 Å². The van der Waals surface area contributed by atoms with Crippen molar-refractivity contribution in [3.8, 4) is 11.5 Å². The van der Waals surface area contributed by atoms with E-state index in [9.17, 15) is 4.79 Å². The maximum atomic E-state index is 13.8. The van der Waals surface area contributed by atoms with Crippen molar-refractivity contribution < 1.29 is 14.3 Å². The summed E-state index contributed by atoms with van der Waals surface area (Å²) in [5, 5.41) is 11.8. The first-order valence-electron chi connectivity index (χ1n) is 12.4. The number of aryl methyl sites for hydroxylation is 2. The van der Waals surface area contributed by atoms with Crippen LogP contribution in [0.3, 0.4) is 0 Å². The van der Waals surface area contributed by atoms with Crippen LogP contribution in [0.5, 0.6) is 11.5 Å². The summed E-state index contributed by atoms with van der Waals surface area (Å²) in [7, 11) is 1.56. The zero-order valence-electron chi connectivity index (χ0n) is 22.2. The van der Waals surface area contributed by atoms with E-state index in [1.165, 1.54) is 6.33 Å². The maximum Gasteiger partial charge on any atom is 0.255 e. The molecule has 0 spiro atoms. The molecule has 11 heteroatoms. The molecule has 0 radical (unpaired) electrons. The molecule has 0 aliphatic carbocycles. The van der Waals surface area contributed by atoms with Crippen molar-refractivity contribution >= 4 is 56.7 Å². The molecule has 40 heavy (non-hydrogen) atoms. The Morgan fingerprint density at radius 1 is 1.12 bits per heavy atom. The van der Waals surface area contributed by atoms with Gasteiger partial charge in [0, 0.05) is 27.0 Å². The highest BCUT2D eigenvalue weighted by Gasteiger charge is 2.34. The number of hydrogen-bond acceptors (Lipinski definition) is 6. The number of carbonyl (C=O) groups is 1. The topological polar surface area (TPSA) is 90.3 Å². The minimum absolute atomic E-state index is 0.202. The number of carbonyl (C=O) groups excluding carboxylic acids is 1. The van der Waals surface area contributed by atoms with Gasteiger partial charge in [0.05, 0.1) is 17.2 Å². The fourth-order valence-corrected chi connectivity index (χ4v) is 5.70. The summed E-state index contributed by atoms with van der Waals surface area (Å²) in [5.74, 6) is 1.24. The van der Waals surface area contributed by atoms with E-state index in [-0.39, 0.29) is 12.5 Å². The fourth-order valence-electron chi connectivity index (χ4n) is 4.66. The van der Waals surface area contributed by atoms with Crippen molar-refractivity contribution in [3.63, 3.8) is 0 Å². The zero-order chi connectivity index (χ0) is 28.6. The smallest absolute Gasteiger partial charge is 0.255 e. The summed E-state index contributed by atoms with van der Waals surface area (Å²) in [5.41, 5.74) is 5.52. The lowest BCUT2D eigenvalue weighted by atomic mass is 9.94. The third kappa shape index (κ3) is 5.54. The molecule has 1 unspecified atom stereocenters. The van der Waals surface area contributed by atoms with Gasteiger partial charge in [-0.05, 0) is 78.2 Å². The van der Waals surface area contributed by atoms with Crippen LogP contribution < -0.4 is 20.1 Å². The molecule has 1 amide bonds. The molecular formula is C29H26BrCl2N5O3. The number of aromatic nitrogens is 3. The van der Waals surface area contributed by atoms with E-state index in [1.807, 2.05) is 57.2 Å². The lowest BCUT2D eigenvalue weighted by Crippen LogP contribution is -2.31. The Labute approximate surface area is 250 Å². The maximum absolute atomic E-state index is 13.8. The number of benzene rings is 3. The third-order valence-electron chi connectivity index (χ3n) is 6.62. The molecule has 1 aromatic heterocycles. The summed E-state index contributed by atoms with van der Waals surface area (Å²) in [6.07, 6.45) is 1.45.